The maximum absolute atomic E-state index is 11.6. The second-order valence-corrected chi connectivity index (χ2v) is 4.98. The number of nitrogens with zero attached hydrogens (tertiary/aromatic N) is 1. The molecule has 0 aliphatic carbocycles. The number of nitrogens with two attached hydrogens (primary N) is 1. The minimum Gasteiger partial charge on any atom is -0.458 e. The molecule has 0 radical (unpaired) electrons. The molecule has 0 spiro atoms. The molecule has 0 atom stereocenters. The number of carbonyl (C=O) groups excluding carboxylic acids is 1. The van der Waals surface area contributed by atoms with Gasteiger partial charge in [-0.1, -0.05) is 36.4 Å². The van der Waals surface area contributed by atoms with Gasteiger partial charge in [-0.3, -0.25) is 4.98 Å². The van der Waals surface area contributed by atoms with Gasteiger partial charge in [-0.2, -0.15) is 0 Å². The standard InChI is InChI=1S/C18H20N2O3/c19-17(14-22-10-8-15-7-4-9-20-12-15)11-18(21)23-13-16-5-2-1-3-6-16/h1-7,9,11-12H,8,10,13-14,19H2. The van der Waals surface area contributed by atoms with Crippen LogP contribution in [0.4, 0.5) is 0 Å². The number of rotatable bonds is 8. The molecule has 2 rings (SSSR count). The quantitative estimate of drug-likeness (QED) is 0.459. The highest BCUT2D eigenvalue weighted by molar-refractivity contribution is 5.82. The molecule has 0 bridgehead atoms. The molecule has 0 amide bonds. The van der Waals surface area contributed by atoms with Crippen LogP contribution in [-0.4, -0.2) is 24.2 Å². The topological polar surface area (TPSA) is 74.4 Å². The van der Waals surface area contributed by atoms with Gasteiger partial charge in [0.15, 0.2) is 0 Å². The van der Waals surface area contributed by atoms with Gasteiger partial charge < -0.3 is 15.2 Å². The number of pyridine rings is 1. The third-order valence-electron chi connectivity index (χ3n) is 3.05. The van der Waals surface area contributed by atoms with E-state index < -0.39 is 5.97 Å². The van der Waals surface area contributed by atoms with Crippen molar-refractivity contribution < 1.29 is 14.3 Å². The molecule has 2 N–H and O–H groups in total. The van der Waals surface area contributed by atoms with Gasteiger partial charge in [0.05, 0.1) is 13.2 Å². The molecule has 0 aliphatic rings. The van der Waals surface area contributed by atoms with Crippen LogP contribution in [0.15, 0.2) is 66.6 Å². The van der Waals surface area contributed by atoms with Gasteiger partial charge in [0.2, 0.25) is 0 Å². The van der Waals surface area contributed by atoms with Crippen LogP contribution in [0, 0.1) is 0 Å². The molecule has 120 valence electrons. The second-order valence-electron chi connectivity index (χ2n) is 4.98. The van der Waals surface area contributed by atoms with Gasteiger partial charge in [0.1, 0.15) is 6.61 Å². The van der Waals surface area contributed by atoms with Crippen LogP contribution in [0.3, 0.4) is 0 Å². The highest BCUT2D eigenvalue weighted by atomic mass is 16.5. The van der Waals surface area contributed by atoms with Gasteiger partial charge in [-0.05, 0) is 23.6 Å². The lowest BCUT2D eigenvalue weighted by molar-refractivity contribution is -0.139. The van der Waals surface area contributed by atoms with Crippen molar-refractivity contribution in [1.82, 2.24) is 4.98 Å². The van der Waals surface area contributed by atoms with Gasteiger partial charge in [-0.25, -0.2) is 4.79 Å². The molecule has 0 saturated carbocycles. The Kier molecular flexibility index (Phi) is 6.81. The molecule has 1 heterocycles. The summed E-state index contributed by atoms with van der Waals surface area (Å²) in [6, 6.07) is 13.3. The minimum absolute atomic E-state index is 0.195. The van der Waals surface area contributed by atoms with Gasteiger partial charge in [0, 0.05) is 24.2 Å². The predicted octanol–water partition coefficient (Wildman–Crippen LogP) is 2.23. The van der Waals surface area contributed by atoms with Crippen LogP contribution >= 0.6 is 0 Å². The summed E-state index contributed by atoms with van der Waals surface area (Å²) in [5.74, 6) is -0.470. The van der Waals surface area contributed by atoms with Crippen molar-refractivity contribution in [3.8, 4) is 0 Å². The minimum atomic E-state index is -0.470. The fraction of sp³-hybridized carbons (Fsp3) is 0.222. The average Bonchev–Trinajstić information content (AvgIpc) is 2.59. The zero-order valence-corrected chi connectivity index (χ0v) is 12.9. The van der Waals surface area contributed by atoms with Gasteiger partial charge in [-0.15, -0.1) is 0 Å². The van der Waals surface area contributed by atoms with Crippen LogP contribution < -0.4 is 5.73 Å². The summed E-state index contributed by atoms with van der Waals surface area (Å²) in [4.78, 5) is 15.7. The van der Waals surface area contributed by atoms with Crippen molar-refractivity contribution in [2.75, 3.05) is 13.2 Å². The highest BCUT2D eigenvalue weighted by Crippen LogP contribution is 2.02. The van der Waals surface area contributed by atoms with Gasteiger partial charge >= 0.3 is 5.97 Å². The van der Waals surface area contributed by atoms with E-state index in [4.69, 9.17) is 15.2 Å². The average molecular weight is 312 g/mol. The zero-order chi connectivity index (χ0) is 16.3. The summed E-state index contributed by atoms with van der Waals surface area (Å²) in [7, 11) is 0. The summed E-state index contributed by atoms with van der Waals surface area (Å²) in [6.07, 6.45) is 5.53. The normalized spacial score (nSPS) is 11.2. The van der Waals surface area contributed by atoms with E-state index in [1.807, 2.05) is 42.5 Å². The van der Waals surface area contributed by atoms with E-state index in [1.165, 1.54) is 6.08 Å². The van der Waals surface area contributed by atoms with Crippen molar-refractivity contribution >= 4 is 5.97 Å². The smallest absolute Gasteiger partial charge is 0.332 e. The van der Waals surface area contributed by atoms with E-state index in [0.29, 0.717) is 12.3 Å². The van der Waals surface area contributed by atoms with E-state index in [2.05, 4.69) is 4.98 Å². The Morgan fingerprint density at radius 3 is 2.65 bits per heavy atom. The first kappa shape index (κ1) is 16.7. The Morgan fingerprint density at radius 1 is 1.13 bits per heavy atom. The third-order valence-corrected chi connectivity index (χ3v) is 3.05. The molecule has 2 aromatic rings. The zero-order valence-electron chi connectivity index (χ0n) is 12.9. The van der Waals surface area contributed by atoms with Crippen molar-refractivity contribution in [2.24, 2.45) is 5.73 Å². The molecule has 0 saturated heterocycles. The van der Waals surface area contributed by atoms with Crippen molar-refractivity contribution in [1.29, 1.82) is 0 Å². The SMILES string of the molecule is NC(=CC(=O)OCc1ccccc1)COCCc1cccnc1. The number of hydrogen-bond acceptors (Lipinski definition) is 5. The van der Waals surface area contributed by atoms with Gasteiger partial charge in [0.25, 0.3) is 0 Å². The summed E-state index contributed by atoms with van der Waals surface area (Å²) in [5, 5.41) is 0. The third kappa shape index (κ3) is 6.76. The summed E-state index contributed by atoms with van der Waals surface area (Å²) < 4.78 is 10.5. The lowest BCUT2D eigenvalue weighted by Gasteiger charge is -2.05. The molecule has 0 fully saturated rings. The van der Waals surface area contributed by atoms with Crippen LogP contribution in [0.25, 0.3) is 0 Å². The number of aromatic nitrogens is 1. The molecule has 1 aromatic carbocycles. The van der Waals surface area contributed by atoms with Crippen LogP contribution in [0.2, 0.25) is 0 Å². The molecule has 23 heavy (non-hydrogen) atoms. The van der Waals surface area contributed by atoms with Crippen molar-refractivity contribution in [3.05, 3.63) is 77.8 Å². The molecular weight excluding hydrogens is 292 g/mol. The number of benzene rings is 1. The lowest BCUT2D eigenvalue weighted by atomic mass is 10.2. The largest absolute Gasteiger partial charge is 0.458 e. The lowest BCUT2D eigenvalue weighted by Crippen LogP contribution is -2.12. The van der Waals surface area contributed by atoms with E-state index in [0.717, 1.165) is 17.5 Å². The molecule has 0 unspecified atom stereocenters. The Hall–Kier alpha value is -2.66. The molecule has 5 nitrogen and oxygen atoms in total. The monoisotopic (exact) mass is 312 g/mol. The number of esters is 1. The van der Waals surface area contributed by atoms with Crippen LogP contribution in [0.5, 0.6) is 0 Å². The summed E-state index contributed by atoms with van der Waals surface area (Å²) >= 11 is 0. The Labute approximate surface area is 135 Å². The first-order valence-electron chi connectivity index (χ1n) is 7.37. The maximum atomic E-state index is 11.6. The molecular formula is C18H20N2O3. The van der Waals surface area contributed by atoms with Crippen molar-refractivity contribution in [3.63, 3.8) is 0 Å². The van der Waals surface area contributed by atoms with Crippen LogP contribution in [0.1, 0.15) is 11.1 Å². The first-order chi connectivity index (χ1) is 11.2. The fourth-order valence-corrected chi connectivity index (χ4v) is 1.89. The van der Waals surface area contributed by atoms with E-state index in [-0.39, 0.29) is 13.2 Å². The van der Waals surface area contributed by atoms with Crippen molar-refractivity contribution in [2.45, 2.75) is 13.0 Å². The first-order valence-corrected chi connectivity index (χ1v) is 7.37. The summed E-state index contributed by atoms with van der Waals surface area (Å²) in [5.41, 5.74) is 8.11. The highest BCUT2D eigenvalue weighted by Gasteiger charge is 2.02. The van der Waals surface area contributed by atoms with E-state index >= 15 is 0 Å². The van der Waals surface area contributed by atoms with E-state index in [9.17, 15) is 4.79 Å². The predicted molar refractivity (Wildman–Crippen MR) is 87.3 cm³/mol. The Bertz CT molecular complexity index is 627. The molecule has 1 aromatic heterocycles. The van der Waals surface area contributed by atoms with Crippen LogP contribution in [-0.2, 0) is 27.3 Å². The molecule has 5 heteroatoms. The Balaban J connectivity index is 1.65. The maximum Gasteiger partial charge on any atom is 0.332 e. The summed E-state index contributed by atoms with van der Waals surface area (Å²) in [6.45, 7) is 0.936. The second kappa shape index (κ2) is 9.38. The molecule has 0 aliphatic heterocycles. The van der Waals surface area contributed by atoms with E-state index in [1.54, 1.807) is 12.4 Å². The number of carbonyl (C=O) groups is 1. The number of hydrogen-bond donors (Lipinski definition) is 1. The number of ether oxygens (including phenoxy) is 2. The Morgan fingerprint density at radius 2 is 1.91 bits per heavy atom. The fourth-order valence-electron chi connectivity index (χ4n) is 1.89.